The molecule has 1 aromatic carbocycles. The van der Waals surface area contributed by atoms with Crippen molar-refractivity contribution in [1.29, 1.82) is 0 Å². The van der Waals surface area contributed by atoms with Crippen LogP contribution in [0.1, 0.15) is 52.0 Å². The Bertz CT molecular complexity index is 498. The third-order valence-electron chi connectivity index (χ3n) is 5.61. The first-order valence-corrected chi connectivity index (χ1v) is 12.4. The van der Waals surface area contributed by atoms with E-state index < -0.39 is 8.56 Å². The average Bonchev–Trinajstić information content (AvgIpc) is 2.65. The Hall–Kier alpha value is -0.723. The summed E-state index contributed by atoms with van der Waals surface area (Å²) in [6.07, 6.45) is 5.26. The van der Waals surface area contributed by atoms with Gasteiger partial charge in [0, 0.05) is 19.8 Å². The van der Waals surface area contributed by atoms with Gasteiger partial charge in [0.1, 0.15) is 5.22 Å². The molecule has 1 fully saturated rings. The molecule has 0 spiro atoms. The van der Waals surface area contributed by atoms with E-state index in [1.54, 1.807) is 0 Å². The fourth-order valence-electron chi connectivity index (χ4n) is 4.72. The van der Waals surface area contributed by atoms with Crippen molar-refractivity contribution in [1.82, 2.24) is 0 Å². The lowest BCUT2D eigenvalue weighted by molar-refractivity contribution is -0.0781. The highest BCUT2D eigenvalue weighted by molar-refractivity contribution is 6.71. The summed E-state index contributed by atoms with van der Waals surface area (Å²) in [6.45, 7) is 8.96. The Morgan fingerprint density at radius 1 is 1.04 bits per heavy atom. The molecule has 1 aromatic rings. The van der Waals surface area contributed by atoms with Gasteiger partial charge in [0.25, 0.3) is 0 Å². The van der Waals surface area contributed by atoms with Crippen LogP contribution in [0.5, 0.6) is 0 Å². The minimum atomic E-state index is -2.52. The van der Waals surface area contributed by atoms with Gasteiger partial charge in [0.2, 0.25) is 0 Å². The minimum absolute atomic E-state index is 0.318. The van der Waals surface area contributed by atoms with Crippen LogP contribution in [-0.2, 0) is 20.0 Å². The van der Waals surface area contributed by atoms with Gasteiger partial charge in [-0.1, -0.05) is 43.2 Å². The summed E-state index contributed by atoms with van der Waals surface area (Å²) in [4.78, 5) is 0. The monoisotopic (exact) mass is 379 g/mol. The second-order valence-corrected chi connectivity index (χ2v) is 10.5. The number of hydrogen-bond acceptors (Lipinski definition) is 4. The molecular formula is C21H37NO3Si. The van der Waals surface area contributed by atoms with E-state index in [1.807, 2.05) is 0 Å². The van der Waals surface area contributed by atoms with Crippen molar-refractivity contribution in [3.63, 3.8) is 0 Å². The Balaban J connectivity index is 2.46. The third-order valence-corrected chi connectivity index (χ3v) is 10.2. The Kier molecular flexibility index (Phi) is 8.77. The molecule has 26 heavy (non-hydrogen) atoms. The molecule has 4 nitrogen and oxygen atoms in total. The lowest BCUT2D eigenvalue weighted by atomic mass is 9.87. The molecule has 0 aromatic heterocycles. The minimum Gasteiger partial charge on any atom is -0.393 e. The summed E-state index contributed by atoms with van der Waals surface area (Å²) in [7, 11) is -2.52. The predicted octanol–water partition coefficient (Wildman–Crippen LogP) is 4.21. The highest BCUT2D eigenvalue weighted by Gasteiger charge is 2.63. The van der Waals surface area contributed by atoms with E-state index in [2.05, 4.69) is 51.1 Å². The number of ether oxygens (including phenoxy) is 1. The fraction of sp³-hybridized carbons (Fsp3) is 0.714. The number of benzene rings is 1. The van der Waals surface area contributed by atoms with Crippen molar-refractivity contribution in [2.24, 2.45) is 11.7 Å². The maximum absolute atomic E-state index is 6.63. The van der Waals surface area contributed by atoms with Gasteiger partial charge in [-0.05, 0) is 64.1 Å². The normalized spacial score (nSPS) is 23.7. The number of hydrogen-bond donors (Lipinski definition) is 1. The van der Waals surface area contributed by atoms with Crippen LogP contribution in [0.4, 0.5) is 0 Å². The van der Waals surface area contributed by atoms with E-state index in [1.165, 1.54) is 18.4 Å². The molecule has 5 heteroatoms. The maximum atomic E-state index is 6.63. The van der Waals surface area contributed by atoms with Crippen LogP contribution < -0.4 is 5.73 Å². The molecule has 148 valence electrons. The molecule has 2 unspecified atom stereocenters. The lowest BCUT2D eigenvalue weighted by Crippen LogP contribution is -2.69. The molecule has 2 atom stereocenters. The van der Waals surface area contributed by atoms with Crippen LogP contribution in [0.25, 0.3) is 0 Å². The zero-order chi connectivity index (χ0) is 18.9. The van der Waals surface area contributed by atoms with E-state index in [0.29, 0.717) is 32.3 Å². The third kappa shape index (κ3) is 4.57. The predicted molar refractivity (Wildman–Crippen MR) is 109 cm³/mol. The zero-order valence-corrected chi connectivity index (χ0v) is 17.8. The summed E-state index contributed by atoms with van der Waals surface area (Å²) in [5.41, 5.74) is 7.40. The van der Waals surface area contributed by atoms with E-state index in [4.69, 9.17) is 19.3 Å². The van der Waals surface area contributed by atoms with Gasteiger partial charge in [-0.25, -0.2) is 0 Å². The second-order valence-electron chi connectivity index (χ2n) is 7.11. The van der Waals surface area contributed by atoms with Crippen LogP contribution in [0.2, 0.25) is 6.04 Å². The van der Waals surface area contributed by atoms with Crippen molar-refractivity contribution in [2.75, 3.05) is 26.4 Å². The summed E-state index contributed by atoms with van der Waals surface area (Å²) in [5.74, 6) is 0.319. The number of rotatable bonds is 11. The Labute approximate surface area is 160 Å². The van der Waals surface area contributed by atoms with Crippen molar-refractivity contribution < 1.29 is 13.6 Å². The standard InChI is InChI=1S/C21H37NO3Si/c1-4-23-21(15-10-11-17-26(21,24-5-2)25-6-3)20(14-16-22)18-19-12-8-7-9-13-19/h7-9,12-13,20H,4-6,10-11,14-18,22H2,1-3H3. The van der Waals surface area contributed by atoms with Crippen molar-refractivity contribution in [3.8, 4) is 0 Å². The highest BCUT2D eigenvalue weighted by Crippen LogP contribution is 2.47. The molecular weight excluding hydrogens is 342 g/mol. The van der Waals surface area contributed by atoms with Crippen molar-refractivity contribution in [2.45, 2.75) is 64.1 Å². The van der Waals surface area contributed by atoms with Crippen molar-refractivity contribution in [3.05, 3.63) is 35.9 Å². The molecule has 1 aliphatic heterocycles. The first kappa shape index (κ1) is 21.6. The van der Waals surface area contributed by atoms with E-state index >= 15 is 0 Å². The molecule has 0 amide bonds. The SMILES string of the molecule is CCOC1(C(CCN)Cc2ccccc2)CCCC[Si]1(OCC)OCC. The first-order chi connectivity index (χ1) is 12.7. The van der Waals surface area contributed by atoms with Crippen LogP contribution in [0.15, 0.2) is 30.3 Å². The average molecular weight is 380 g/mol. The van der Waals surface area contributed by atoms with Gasteiger partial charge in [-0.3, -0.25) is 0 Å². The van der Waals surface area contributed by atoms with Gasteiger partial charge < -0.3 is 19.3 Å². The molecule has 0 radical (unpaired) electrons. The molecule has 2 N–H and O–H groups in total. The van der Waals surface area contributed by atoms with Gasteiger partial charge in [-0.2, -0.15) is 0 Å². The van der Waals surface area contributed by atoms with Crippen LogP contribution >= 0.6 is 0 Å². The quantitative estimate of drug-likeness (QED) is 0.585. The first-order valence-electron chi connectivity index (χ1n) is 10.3. The van der Waals surface area contributed by atoms with E-state index in [9.17, 15) is 0 Å². The maximum Gasteiger partial charge on any atom is 0.371 e. The van der Waals surface area contributed by atoms with E-state index in [0.717, 1.165) is 25.3 Å². The topological polar surface area (TPSA) is 53.7 Å². The summed E-state index contributed by atoms with van der Waals surface area (Å²) in [6, 6.07) is 11.7. The summed E-state index contributed by atoms with van der Waals surface area (Å²) >= 11 is 0. The van der Waals surface area contributed by atoms with Crippen LogP contribution in [0, 0.1) is 5.92 Å². The summed E-state index contributed by atoms with van der Waals surface area (Å²) < 4.78 is 19.6. The molecule has 0 saturated carbocycles. The molecule has 1 heterocycles. The Morgan fingerprint density at radius 3 is 2.31 bits per heavy atom. The van der Waals surface area contributed by atoms with Gasteiger partial charge in [-0.15, -0.1) is 0 Å². The second kappa shape index (κ2) is 10.6. The van der Waals surface area contributed by atoms with Gasteiger partial charge in [0.15, 0.2) is 0 Å². The lowest BCUT2D eigenvalue weighted by Gasteiger charge is -2.53. The van der Waals surface area contributed by atoms with Gasteiger partial charge >= 0.3 is 8.56 Å². The molecule has 1 saturated heterocycles. The molecule has 0 bridgehead atoms. The highest BCUT2D eigenvalue weighted by atomic mass is 28.4. The van der Waals surface area contributed by atoms with Gasteiger partial charge in [0.05, 0.1) is 0 Å². The number of nitrogens with two attached hydrogens (primary N) is 1. The largest absolute Gasteiger partial charge is 0.393 e. The zero-order valence-electron chi connectivity index (χ0n) is 16.8. The summed E-state index contributed by atoms with van der Waals surface area (Å²) in [5, 5.41) is -0.318. The Morgan fingerprint density at radius 2 is 1.73 bits per heavy atom. The molecule has 2 rings (SSSR count). The van der Waals surface area contributed by atoms with E-state index in [-0.39, 0.29) is 5.22 Å². The van der Waals surface area contributed by atoms with Crippen LogP contribution in [-0.4, -0.2) is 40.2 Å². The smallest absolute Gasteiger partial charge is 0.371 e. The fourth-order valence-corrected chi connectivity index (χ4v) is 9.44. The molecule has 0 aliphatic carbocycles. The van der Waals surface area contributed by atoms with Crippen LogP contribution in [0.3, 0.4) is 0 Å². The molecule has 1 aliphatic rings. The van der Waals surface area contributed by atoms with Crippen molar-refractivity contribution >= 4 is 8.56 Å².